The Labute approximate surface area is 50.3 Å². The molecule has 0 aliphatic heterocycles. The van der Waals surface area contributed by atoms with Crippen LogP contribution in [0, 0.1) is 0 Å². The molecular formula is C5H14NO2+. The van der Waals surface area contributed by atoms with Crippen LogP contribution in [0.4, 0.5) is 0 Å². The number of ether oxygens (including phenoxy) is 1. The second-order valence-corrected chi connectivity index (χ2v) is 2.17. The largest absolute Gasteiger partial charge is 0.332 e. The summed E-state index contributed by atoms with van der Waals surface area (Å²) >= 11 is 0. The number of nitrogens with zero attached hydrogens (tertiary/aromatic N) is 1. The standard InChI is InChI=1S/C5H14NO2/c1-6(2,8-4)5-7-3/h5H2,1-4H3/q+1. The van der Waals surface area contributed by atoms with Gasteiger partial charge in [-0.25, -0.2) is 4.84 Å². The van der Waals surface area contributed by atoms with Gasteiger partial charge in [-0.05, 0) is 0 Å². The molecule has 0 aliphatic rings. The van der Waals surface area contributed by atoms with E-state index < -0.39 is 0 Å². The summed E-state index contributed by atoms with van der Waals surface area (Å²) in [6.07, 6.45) is 0. The van der Waals surface area contributed by atoms with Gasteiger partial charge in [0.25, 0.3) is 0 Å². The molecule has 0 amide bonds. The molecule has 8 heavy (non-hydrogen) atoms. The molecule has 0 saturated carbocycles. The van der Waals surface area contributed by atoms with Crippen LogP contribution in [0.3, 0.4) is 0 Å². The Hall–Kier alpha value is -0.120. The molecule has 0 unspecified atom stereocenters. The van der Waals surface area contributed by atoms with E-state index in [1.165, 1.54) is 0 Å². The number of methoxy groups -OCH3 is 1. The first kappa shape index (κ1) is 7.88. The third-order valence-corrected chi connectivity index (χ3v) is 0.934. The molecule has 0 fully saturated rings. The van der Waals surface area contributed by atoms with Gasteiger partial charge in [0.2, 0.25) is 6.73 Å². The molecule has 0 aromatic rings. The number of rotatable bonds is 3. The van der Waals surface area contributed by atoms with Crippen molar-refractivity contribution in [3.63, 3.8) is 0 Å². The summed E-state index contributed by atoms with van der Waals surface area (Å²) in [6, 6.07) is 0. The maximum Gasteiger partial charge on any atom is 0.212 e. The summed E-state index contributed by atoms with van der Waals surface area (Å²) in [5.41, 5.74) is 0. The van der Waals surface area contributed by atoms with Gasteiger partial charge in [-0.1, -0.05) is 0 Å². The highest BCUT2D eigenvalue weighted by atomic mass is 16.7. The zero-order chi connectivity index (χ0) is 6.62. The van der Waals surface area contributed by atoms with E-state index in [-0.39, 0.29) is 0 Å². The van der Waals surface area contributed by atoms with Crippen molar-refractivity contribution in [2.75, 3.05) is 35.0 Å². The van der Waals surface area contributed by atoms with Gasteiger partial charge in [-0.3, -0.25) is 0 Å². The molecule has 0 radical (unpaired) electrons. The average molecular weight is 120 g/mol. The normalized spacial score (nSPS) is 12.0. The van der Waals surface area contributed by atoms with E-state index in [1.54, 1.807) is 14.2 Å². The van der Waals surface area contributed by atoms with Crippen molar-refractivity contribution in [3.8, 4) is 0 Å². The summed E-state index contributed by atoms with van der Waals surface area (Å²) in [5.74, 6) is 0. The summed E-state index contributed by atoms with van der Waals surface area (Å²) in [7, 11) is 7.14. The van der Waals surface area contributed by atoms with Crippen molar-refractivity contribution in [2.24, 2.45) is 0 Å². The second-order valence-electron chi connectivity index (χ2n) is 2.17. The Morgan fingerprint density at radius 2 is 1.75 bits per heavy atom. The van der Waals surface area contributed by atoms with Gasteiger partial charge < -0.3 is 4.74 Å². The molecule has 50 valence electrons. The summed E-state index contributed by atoms with van der Waals surface area (Å²) in [4.78, 5) is 4.99. The van der Waals surface area contributed by atoms with Gasteiger partial charge in [-0.15, -0.1) is 0 Å². The Kier molecular flexibility index (Phi) is 2.97. The quantitative estimate of drug-likeness (QED) is 0.301. The number of hydrogen-bond acceptors (Lipinski definition) is 2. The first-order valence-electron chi connectivity index (χ1n) is 2.50. The van der Waals surface area contributed by atoms with Crippen LogP contribution < -0.4 is 0 Å². The number of hydrogen-bond donors (Lipinski definition) is 0. The number of quaternary nitrogens is 1. The Bertz CT molecular complexity index is 63.4. The van der Waals surface area contributed by atoms with Crippen LogP contribution in [0.25, 0.3) is 0 Å². The fraction of sp³-hybridized carbons (Fsp3) is 1.00. The van der Waals surface area contributed by atoms with Crippen LogP contribution in [0.2, 0.25) is 0 Å². The van der Waals surface area contributed by atoms with Crippen molar-refractivity contribution in [1.29, 1.82) is 0 Å². The minimum atomic E-state index is 0.441. The smallest absolute Gasteiger partial charge is 0.212 e. The Morgan fingerprint density at radius 1 is 1.25 bits per heavy atom. The lowest BCUT2D eigenvalue weighted by Gasteiger charge is -2.22. The highest BCUT2D eigenvalue weighted by Gasteiger charge is 2.11. The third kappa shape index (κ3) is 2.96. The van der Waals surface area contributed by atoms with Crippen molar-refractivity contribution in [3.05, 3.63) is 0 Å². The summed E-state index contributed by atoms with van der Waals surface area (Å²) < 4.78 is 5.29. The molecule has 0 atom stereocenters. The van der Waals surface area contributed by atoms with Gasteiger partial charge in [0.05, 0.1) is 7.11 Å². The molecule has 3 nitrogen and oxygen atoms in total. The van der Waals surface area contributed by atoms with E-state index >= 15 is 0 Å². The van der Waals surface area contributed by atoms with E-state index in [1.807, 2.05) is 14.1 Å². The predicted molar refractivity (Wildman–Crippen MR) is 31.0 cm³/mol. The maximum atomic E-state index is 4.99. The van der Waals surface area contributed by atoms with E-state index in [4.69, 9.17) is 9.57 Å². The highest BCUT2D eigenvalue weighted by molar-refractivity contribution is 3.94. The lowest BCUT2D eigenvalue weighted by molar-refractivity contribution is -1.08. The van der Waals surface area contributed by atoms with Crippen LogP contribution in [-0.4, -0.2) is 39.7 Å². The molecule has 3 heteroatoms. The molecule has 0 rings (SSSR count). The summed E-state index contributed by atoms with van der Waals surface area (Å²) in [5, 5.41) is 0. The van der Waals surface area contributed by atoms with Crippen LogP contribution in [0.5, 0.6) is 0 Å². The van der Waals surface area contributed by atoms with Crippen LogP contribution in [0.15, 0.2) is 0 Å². The van der Waals surface area contributed by atoms with Gasteiger partial charge >= 0.3 is 0 Å². The van der Waals surface area contributed by atoms with Crippen molar-refractivity contribution in [1.82, 2.24) is 0 Å². The fourth-order valence-corrected chi connectivity index (χ4v) is 0.364. The van der Waals surface area contributed by atoms with E-state index in [0.717, 1.165) is 0 Å². The van der Waals surface area contributed by atoms with Crippen LogP contribution in [-0.2, 0) is 9.57 Å². The lowest BCUT2D eigenvalue weighted by atomic mass is 10.9. The summed E-state index contributed by atoms with van der Waals surface area (Å²) in [6.45, 7) is 0.580. The number of hydroxylamine groups is 3. The van der Waals surface area contributed by atoms with Crippen molar-refractivity contribution in [2.45, 2.75) is 0 Å². The van der Waals surface area contributed by atoms with Gasteiger partial charge in [-0.2, -0.15) is 4.65 Å². The SMILES string of the molecule is COC[N+](C)(C)OC. The van der Waals surface area contributed by atoms with E-state index in [9.17, 15) is 0 Å². The lowest BCUT2D eigenvalue weighted by Crippen LogP contribution is -2.39. The minimum Gasteiger partial charge on any atom is -0.332 e. The van der Waals surface area contributed by atoms with Gasteiger partial charge in [0.1, 0.15) is 14.1 Å². The Morgan fingerprint density at radius 3 is 1.88 bits per heavy atom. The first-order valence-corrected chi connectivity index (χ1v) is 2.50. The monoisotopic (exact) mass is 120 g/mol. The van der Waals surface area contributed by atoms with Crippen molar-refractivity contribution < 1.29 is 14.2 Å². The maximum absolute atomic E-state index is 4.99. The molecular weight excluding hydrogens is 106 g/mol. The van der Waals surface area contributed by atoms with Gasteiger partial charge in [0.15, 0.2) is 0 Å². The molecule has 0 aliphatic carbocycles. The fourth-order valence-electron chi connectivity index (χ4n) is 0.364. The average Bonchev–Trinajstić information content (AvgIpc) is 1.67. The zero-order valence-corrected chi connectivity index (χ0v) is 5.97. The molecule has 0 saturated heterocycles. The molecule has 0 N–H and O–H groups in total. The topological polar surface area (TPSA) is 18.5 Å². The molecule has 0 heterocycles. The van der Waals surface area contributed by atoms with E-state index in [0.29, 0.717) is 11.4 Å². The van der Waals surface area contributed by atoms with E-state index in [2.05, 4.69) is 0 Å². The minimum absolute atomic E-state index is 0.441. The van der Waals surface area contributed by atoms with Crippen molar-refractivity contribution >= 4 is 0 Å². The zero-order valence-electron chi connectivity index (χ0n) is 5.97. The predicted octanol–water partition coefficient (Wildman–Crippen LogP) is 0.228. The molecule has 0 bridgehead atoms. The van der Waals surface area contributed by atoms with Gasteiger partial charge in [0, 0.05) is 7.11 Å². The third-order valence-electron chi connectivity index (χ3n) is 0.934. The van der Waals surface area contributed by atoms with Crippen LogP contribution >= 0.6 is 0 Å². The molecule has 0 spiro atoms. The first-order chi connectivity index (χ1) is 3.62. The Balaban J connectivity index is 3.37. The van der Waals surface area contributed by atoms with Crippen LogP contribution in [0.1, 0.15) is 0 Å². The molecule has 0 aromatic carbocycles. The second kappa shape index (κ2) is 3.02. The molecule has 0 aromatic heterocycles. The highest BCUT2D eigenvalue weighted by Crippen LogP contribution is 1.93.